The number of benzene rings is 2. The van der Waals surface area contributed by atoms with Crippen molar-refractivity contribution in [3.63, 3.8) is 0 Å². The zero-order chi connectivity index (χ0) is 28.7. The fourth-order valence-corrected chi connectivity index (χ4v) is 5.88. The number of fused-ring (bicyclic) bond motifs is 2. The first kappa shape index (κ1) is 27.0. The van der Waals surface area contributed by atoms with Crippen molar-refractivity contribution in [2.45, 2.75) is 26.7 Å². The van der Waals surface area contributed by atoms with E-state index in [-0.39, 0.29) is 23.3 Å². The fraction of sp³-hybridized carbons (Fsp3) is 0.300. The van der Waals surface area contributed by atoms with Gasteiger partial charge < -0.3 is 19.7 Å². The van der Waals surface area contributed by atoms with Gasteiger partial charge in [0.2, 0.25) is 16.9 Å². The minimum atomic E-state index is -0.926. The minimum absolute atomic E-state index is 0.0113. The molecule has 2 amide bonds. The molecule has 0 radical (unpaired) electrons. The zero-order valence-electron chi connectivity index (χ0n) is 22.8. The molecule has 1 fully saturated rings. The van der Waals surface area contributed by atoms with Crippen LogP contribution in [0, 0.1) is 18.2 Å². The summed E-state index contributed by atoms with van der Waals surface area (Å²) in [7, 11) is 0. The van der Waals surface area contributed by atoms with E-state index in [1.165, 1.54) is 23.5 Å². The van der Waals surface area contributed by atoms with Gasteiger partial charge in [-0.3, -0.25) is 9.59 Å². The quantitative estimate of drug-likeness (QED) is 0.340. The Morgan fingerprint density at radius 3 is 2.56 bits per heavy atom. The number of nitrogens with zero attached hydrogens (tertiary/aromatic N) is 4. The van der Waals surface area contributed by atoms with Gasteiger partial charge in [0.1, 0.15) is 16.6 Å². The van der Waals surface area contributed by atoms with Gasteiger partial charge in [-0.2, -0.15) is 0 Å². The Kier molecular flexibility index (Phi) is 7.00. The molecule has 0 spiro atoms. The molecular weight excluding hydrogens is 545 g/mol. The summed E-state index contributed by atoms with van der Waals surface area (Å²) in [6.07, 6.45) is 0. The smallest absolute Gasteiger partial charge is 0.256 e. The number of hydrogen-bond donors (Lipinski definition) is 1. The van der Waals surface area contributed by atoms with Gasteiger partial charge in [-0.1, -0.05) is 55.5 Å². The lowest BCUT2D eigenvalue weighted by Crippen LogP contribution is -2.41. The number of nitrogens with one attached hydrogen (secondary N) is 1. The number of carbonyl (C=O) groups is 2. The second-order valence-electron chi connectivity index (χ2n) is 10.6. The predicted octanol–water partition coefficient (Wildman–Crippen LogP) is 5.42. The Balaban J connectivity index is 1.33. The number of pyridine rings is 1. The molecule has 1 N–H and O–H groups in total. The molecule has 0 bridgehead atoms. The second kappa shape index (κ2) is 10.6. The number of anilines is 1. The molecule has 0 saturated carbocycles. The van der Waals surface area contributed by atoms with Crippen LogP contribution in [-0.4, -0.2) is 58.2 Å². The number of halogens is 1. The Bertz CT molecular complexity index is 1650. The highest BCUT2D eigenvalue weighted by atomic mass is 32.1. The number of amides is 2. The van der Waals surface area contributed by atoms with Gasteiger partial charge in [0.05, 0.1) is 29.9 Å². The summed E-state index contributed by atoms with van der Waals surface area (Å²) < 4.78 is 26.7. The topological polar surface area (TPSA) is 107 Å². The number of para-hydroxylation sites is 1. The third-order valence-electron chi connectivity index (χ3n) is 7.48. The first-order chi connectivity index (χ1) is 19.7. The summed E-state index contributed by atoms with van der Waals surface area (Å²) in [6.45, 7) is 7.32. The lowest BCUT2D eigenvalue weighted by atomic mass is 9.69. The van der Waals surface area contributed by atoms with Gasteiger partial charge in [-0.25, -0.2) is 9.37 Å². The van der Waals surface area contributed by atoms with E-state index in [2.05, 4.69) is 15.5 Å². The van der Waals surface area contributed by atoms with Crippen molar-refractivity contribution < 1.29 is 23.5 Å². The number of rotatable bonds is 5. The summed E-state index contributed by atoms with van der Waals surface area (Å²) in [6, 6.07) is 15.7. The third kappa shape index (κ3) is 5.07. The molecule has 1 saturated heterocycles. The number of carbonyl (C=O) groups excluding carboxylic acids is 2. The third-order valence-corrected chi connectivity index (χ3v) is 8.24. The highest BCUT2D eigenvalue weighted by Crippen LogP contribution is 2.52. The minimum Gasteiger partial charge on any atom is -0.438 e. The van der Waals surface area contributed by atoms with Crippen molar-refractivity contribution in [1.82, 2.24) is 20.1 Å². The van der Waals surface area contributed by atoms with Crippen LogP contribution in [0.2, 0.25) is 0 Å². The standard InChI is InChI=1S/C30H28FN5O4S/c1-17-34-35-29(41-17)33-28(38)30(2,3)25-20-6-4-5-7-24(20)40-26-21(25)10-11-23(32-26)18-8-9-19(22(31)16-18)27(37)36-12-14-39-15-13-36/h4-11,16,25H,12-15H2,1-3H3,(H,33,35,38)/t25-/m0/s1. The van der Waals surface area contributed by atoms with Crippen molar-refractivity contribution in [1.29, 1.82) is 0 Å². The highest BCUT2D eigenvalue weighted by Gasteiger charge is 2.44. The lowest BCUT2D eigenvalue weighted by Gasteiger charge is -2.37. The van der Waals surface area contributed by atoms with Gasteiger partial charge in [0.25, 0.3) is 5.91 Å². The van der Waals surface area contributed by atoms with E-state index in [0.29, 0.717) is 54.3 Å². The normalized spacial score (nSPS) is 16.4. The zero-order valence-corrected chi connectivity index (χ0v) is 23.6. The average molecular weight is 574 g/mol. The van der Waals surface area contributed by atoms with Crippen molar-refractivity contribution in [3.05, 3.63) is 82.1 Å². The maximum atomic E-state index is 15.2. The predicted molar refractivity (Wildman–Crippen MR) is 152 cm³/mol. The molecule has 41 heavy (non-hydrogen) atoms. The van der Waals surface area contributed by atoms with Crippen LogP contribution in [-0.2, 0) is 9.53 Å². The van der Waals surface area contributed by atoms with Crippen LogP contribution in [0.5, 0.6) is 11.6 Å². The molecule has 4 heterocycles. The van der Waals surface area contributed by atoms with E-state index >= 15 is 4.39 Å². The Morgan fingerprint density at radius 2 is 1.83 bits per heavy atom. The molecule has 0 aliphatic carbocycles. The molecule has 0 unspecified atom stereocenters. The van der Waals surface area contributed by atoms with Crippen LogP contribution in [0.25, 0.3) is 11.3 Å². The van der Waals surface area contributed by atoms with E-state index < -0.39 is 11.2 Å². The van der Waals surface area contributed by atoms with Crippen molar-refractivity contribution in [2.24, 2.45) is 5.41 Å². The first-order valence-electron chi connectivity index (χ1n) is 13.3. The summed E-state index contributed by atoms with van der Waals surface area (Å²) in [5.41, 5.74) is 1.67. The molecule has 4 aromatic rings. The number of aromatic nitrogens is 3. The SMILES string of the molecule is Cc1nnc(NC(=O)C(C)(C)[C@H]2c3ccccc3Oc3nc(-c4ccc(C(=O)N5CCOCC5)c(F)c4)ccc32)s1. The fourth-order valence-electron chi connectivity index (χ4n) is 5.30. The van der Waals surface area contributed by atoms with Crippen LogP contribution in [0.3, 0.4) is 0 Å². The molecule has 2 aromatic carbocycles. The van der Waals surface area contributed by atoms with Crippen LogP contribution in [0.1, 0.15) is 46.3 Å². The van der Waals surface area contributed by atoms with Gasteiger partial charge in [-0.05, 0) is 31.2 Å². The van der Waals surface area contributed by atoms with E-state index in [9.17, 15) is 9.59 Å². The van der Waals surface area contributed by atoms with Crippen molar-refractivity contribution >= 4 is 28.3 Å². The monoisotopic (exact) mass is 573 g/mol. The lowest BCUT2D eigenvalue weighted by molar-refractivity contribution is -0.124. The average Bonchev–Trinajstić information content (AvgIpc) is 3.39. The van der Waals surface area contributed by atoms with Crippen LogP contribution < -0.4 is 10.1 Å². The molecule has 6 rings (SSSR count). The summed E-state index contributed by atoms with van der Waals surface area (Å²) >= 11 is 1.31. The number of aryl methyl sites for hydroxylation is 1. The van der Waals surface area contributed by atoms with Gasteiger partial charge in [0, 0.05) is 35.7 Å². The summed E-state index contributed by atoms with van der Waals surface area (Å²) in [5.74, 6) is -0.640. The number of morpholine rings is 1. The molecule has 9 nitrogen and oxygen atoms in total. The molecule has 11 heteroatoms. The summed E-state index contributed by atoms with van der Waals surface area (Å²) in [5, 5.41) is 12.1. The largest absolute Gasteiger partial charge is 0.438 e. The molecule has 2 aliphatic rings. The van der Waals surface area contributed by atoms with Crippen molar-refractivity contribution in [2.75, 3.05) is 31.6 Å². The Labute approximate surface area is 240 Å². The van der Waals surface area contributed by atoms with Crippen LogP contribution in [0.15, 0.2) is 54.6 Å². The molecule has 2 aromatic heterocycles. The maximum absolute atomic E-state index is 15.2. The number of hydrogen-bond acceptors (Lipinski definition) is 8. The summed E-state index contributed by atoms with van der Waals surface area (Å²) in [4.78, 5) is 32.7. The van der Waals surface area contributed by atoms with E-state index in [1.54, 1.807) is 17.0 Å². The van der Waals surface area contributed by atoms with Crippen LogP contribution >= 0.6 is 11.3 Å². The Hall–Kier alpha value is -4.22. The number of ether oxygens (including phenoxy) is 2. The van der Waals surface area contributed by atoms with Crippen molar-refractivity contribution in [3.8, 4) is 22.9 Å². The molecular formula is C30H28FN5O4S. The maximum Gasteiger partial charge on any atom is 0.256 e. The Morgan fingerprint density at radius 1 is 1.05 bits per heavy atom. The van der Waals surface area contributed by atoms with E-state index in [1.807, 2.05) is 51.1 Å². The highest BCUT2D eigenvalue weighted by molar-refractivity contribution is 7.15. The second-order valence-corrected chi connectivity index (χ2v) is 11.7. The van der Waals surface area contributed by atoms with Gasteiger partial charge in [-0.15, -0.1) is 10.2 Å². The molecule has 210 valence electrons. The van der Waals surface area contributed by atoms with E-state index in [0.717, 1.165) is 16.1 Å². The van der Waals surface area contributed by atoms with Gasteiger partial charge in [0.15, 0.2) is 0 Å². The molecule has 1 atom stereocenters. The van der Waals surface area contributed by atoms with Crippen LogP contribution in [0.4, 0.5) is 9.52 Å². The van der Waals surface area contributed by atoms with Gasteiger partial charge >= 0.3 is 0 Å². The van der Waals surface area contributed by atoms with E-state index in [4.69, 9.17) is 14.5 Å². The molecule has 2 aliphatic heterocycles. The first-order valence-corrected chi connectivity index (χ1v) is 14.1.